The zero-order chi connectivity index (χ0) is 16.2. The van der Waals surface area contributed by atoms with E-state index >= 15 is 0 Å². The van der Waals surface area contributed by atoms with Crippen LogP contribution in [-0.4, -0.2) is 67.4 Å². The van der Waals surface area contributed by atoms with Gasteiger partial charge in [-0.2, -0.15) is 4.98 Å². The molecule has 0 N–H and O–H groups in total. The highest BCUT2D eigenvalue weighted by atomic mass is 16.5. The van der Waals surface area contributed by atoms with Gasteiger partial charge in [0.2, 0.25) is 5.95 Å². The van der Waals surface area contributed by atoms with Crippen LogP contribution < -0.4 is 14.7 Å². The molecule has 24 heavy (non-hydrogen) atoms. The summed E-state index contributed by atoms with van der Waals surface area (Å²) in [5, 5.41) is 0. The molecule has 2 saturated heterocycles. The number of hydrogen-bond donors (Lipinski definition) is 0. The van der Waals surface area contributed by atoms with Gasteiger partial charge in [-0.1, -0.05) is 0 Å². The fourth-order valence-corrected chi connectivity index (χ4v) is 3.18. The van der Waals surface area contributed by atoms with Gasteiger partial charge < -0.3 is 19.4 Å². The van der Waals surface area contributed by atoms with Gasteiger partial charge in [0.25, 0.3) is 0 Å². The van der Waals surface area contributed by atoms with Crippen molar-refractivity contribution in [3.05, 3.63) is 36.8 Å². The Balaban J connectivity index is 1.42. The molecule has 4 heterocycles. The van der Waals surface area contributed by atoms with Gasteiger partial charge in [-0.05, 0) is 18.2 Å². The second kappa shape index (κ2) is 7.00. The fraction of sp³-hybridized carbons (Fsp3) is 0.471. The van der Waals surface area contributed by atoms with E-state index in [4.69, 9.17) is 9.72 Å². The number of piperazine rings is 1. The van der Waals surface area contributed by atoms with Gasteiger partial charge in [0.15, 0.2) is 0 Å². The number of aromatic nitrogens is 3. The van der Waals surface area contributed by atoms with Crippen LogP contribution in [0.4, 0.5) is 17.5 Å². The molecule has 2 aromatic heterocycles. The van der Waals surface area contributed by atoms with Crippen molar-refractivity contribution >= 4 is 17.5 Å². The number of nitrogens with zero attached hydrogens (tertiary/aromatic N) is 6. The fourth-order valence-electron chi connectivity index (χ4n) is 3.18. The molecule has 7 nitrogen and oxygen atoms in total. The summed E-state index contributed by atoms with van der Waals surface area (Å²) >= 11 is 0. The first kappa shape index (κ1) is 15.1. The summed E-state index contributed by atoms with van der Waals surface area (Å²) in [5.74, 6) is 1.83. The Morgan fingerprint density at radius 3 is 2.21 bits per heavy atom. The zero-order valence-corrected chi connectivity index (χ0v) is 13.7. The van der Waals surface area contributed by atoms with Crippen LogP contribution in [0.5, 0.6) is 0 Å². The monoisotopic (exact) mass is 326 g/mol. The minimum atomic E-state index is 0.768. The van der Waals surface area contributed by atoms with Crippen LogP contribution in [0.25, 0.3) is 0 Å². The van der Waals surface area contributed by atoms with Crippen LogP contribution in [0.1, 0.15) is 0 Å². The predicted octanol–water partition coefficient (Wildman–Crippen LogP) is 1.03. The van der Waals surface area contributed by atoms with Gasteiger partial charge in [-0.25, -0.2) is 4.98 Å². The second-order valence-electron chi connectivity index (χ2n) is 5.99. The van der Waals surface area contributed by atoms with E-state index < -0.39 is 0 Å². The van der Waals surface area contributed by atoms with Gasteiger partial charge in [0.05, 0.1) is 13.2 Å². The van der Waals surface area contributed by atoms with Gasteiger partial charge in [0, 0.05) is 63.5 Å². The number of ether oxygens (including phenoxy) is 1. The van der Waals surface area contributed by atoms with Crippen LogP contribution in [0.15, 0.2) is 36.8 Å². The summed E-state index contributed by atoms with van der Waals surface area (Å²) < 4.78 is 5.42. The Bertz CT molecular complexity index is 653. The molecule has 0 radical (unpaired) electrons. The molecule has 0 atom stereocenters. The number of anilines is 3. The number of rotatable bonds is 3. The highest BCUT2D eigenvalue weighted by Gasteiger charge is 2.20. The Labute approximate surface area is 141 Å². The van der Waals surface area contributed by atoms with Gasteiger partial charge in [-0.15, -0.1) is 0 Å². The van der Waals surface area contributed by atoms with Crippen LogP contribution >= 0.6 is 0 Å². The van der Waals surface area contributed by atoms with Crippen molar-refractivity contribution in [1.82, 2.24) is 15.0 Å². The third-order valence-corrected chi connectivity index (χ3v) is 4.55. The molecule has 0 saturated carbocycles. The first-order chi connectivity index (χ1) is 11.9. The Kier molecular flexibility index (Phi) is 4.42. The summed E-state index contributed by atoms with van der Waals surface area (Å²) in [6.07, 6.45) is 5.55. The highest BCUT2D eigenvalue weighted by Crippen LogP contribution is 2.20. The van der Waals surface area contributed by atoms with E-state index in [0.29, 0.717) is 0 Å². The van der Waals surface area contributed by atoms with Crippen LogP contribution in [0, 0.1) is 0 Å². The van der Waals surface area contributed by atoms with Crippen LogP contribution in [0.3, 0.4) is 0 Å². The van der Waals surface area contributed by atoms with Gasteiger partial charge >= 0.3 is 0 Å². The van der Waals surface area contributed by atoms with Crippen LogP contribution in [-0.2, 0) is 4.74 Å². The topological polar surface area (TPSA) is 57.6 Å². The maximum Gasteiger partial charge on any atom is 0.227 e. The molecule has 7 heteroatoms. The quantitative estimate of drug-likeness (QED) is 0.835. The van der Waals surface area contributed by atoms with E-state index in [1.165, 1.54) is 5.69 Å². The van der Waals surface area contributed by atoms with Gasteiger partial charge in [0.1, 0.15) is 5.82 Å². The summed E-state index contributed by atoms with van der Waals surface area (Å²) in [5.41, 5.74) is 1.23. The largest absolute Gasteiger partial charge is 0.378 e. The molecule has 2 aliphatic rings. The maximum absolute atomic E-state index is 5.42. The van der Waals surface area contributed by atoms with Crippen molar-refractivity contribution in [2.75, 3.05) is 67.2 Å². The minimum absolute atomic E-state index is 0.768. The normalized spacial score (nSPS) is 18.8. The van der Waals surface area contributed by atoms with E-state index in [2.05, 4.69) is 36.8 Å². The average Bonchev–Trinajstić information content (AvgIpc) is 2.70. The van der Waals surface area contributed by atoms with Crippen LogP contribution in [0.2, 0.25) is 0 Å². The first-order valence-electron chi connectivity index (χ1n) is 8.46. The molecule has 2 aromatic rings. The molecule has 0 aromatic carbocycles. The molecule has 0 amide bonds. The molecule has 2 fully saturated rings. The number of hydrogen-bond acceptors (Lipinski definition) is 7. The lowest BCUT2D eigenvalue weighted by Crippen LogP contribution is -2.47. The lowest BCUT2D eigenvalue weighted by molar-refractivity contribution is 0.122. The summed E-state index contributed by atoms with van der Waals surface area (Å²) in [4.78, 5) is 20.3. The van der Waals surface area contributed by atoms with E-state index in [1.807, 2.05) is 24.7 Å². The van der Waals surface area contributed by atoms with Crippen molar-refractivity contribution in [1.29, 1.82) is 0 Å². The molecule has 0 aliphatic carbocycles. The molecular formula is C17H22N6O. The Hall–Kier alpha value is -2.41. The molecular weight excluding hydrogens is 304 g/mol. The molecule has 4 rings (SSSR count). The van der Waals surface area contributed by atoms with E-state index in [-0.39, 0.29) is 0 Å². The SMILES string of the molecule is c1cc(N2CCN(c3nccc(N4CCOCC4)n3)CC2)ccn1. The van der Waals surface area contributed by atoms with E-state index in [0.717, 1.165) is 64.2 Å². The number of morpholine rings is 1. The standard InChI is InChI=1S/C17H22N6O/c1-4-18-5-2-15(1)21-7-9-23(10-8-21)17-19-6-3-16(20-17)22-11-13-24-14-12-22/h1-6H,7-14H2. The van der Waals surface area contributed by atoms with E-state index in [1.54, 1.807) is 0 Å². The molecule has 126 valence electrons. The van der Waals surface area contributed by atoms with Crippen molar-refractivity contribution < 1.29 is 4.74 Å². The third kappa shape index (κ3) is 3.26. The summed E-state index contributed by atoms with van der Waals surface area (Å²) in [6.45, 7) is 7.11. The van der Waals surface area contributed by atoms with E-state index in [9.17, 15) is 0 Å². The minimum Gasteiger partial charge on any atom is -0.378 e. The first-order valence-corrected chi connectivity index (χ1v) is 8.46. The Morgan fingerprint density at radius 2 is 1.46 bits per heavy atom. The van der Waals surface area contributed by atoms with Crippen molar-refractivity contribution in [2.24, 2.45) is 0 Å². The van der Waals surface area contributed by atoms with Crippen molar-refractivity contribution in [2.45, 2.75) is 0 Å². The highest BCUT2D eigenvalue weighted by molar-refractivity contribution is 5.48. The van der Waals surface area contributed by atoms with Crippen molar-refractivity contribution in [3.63, 3.8) is 0 Å². The van der Waals surface area contributed by atoms with Crippen molar-refractivity contribution in [3.8, 4) is 0 Å². The summed E-state index contributed by atoms with van der Waals surface area (Å²) in [6, 6.07) is 6.11. The lowest BCUT2D eigenvalue weighted by atomic mass is 10.3. The molecule has 0 unspecified atom stereocenters. The molecule has 0 spiro atoms. The molecule has 0 bridgehead atoms. The summed E-state index contributed by atoms with van der Waals surface area (Å²) in [7, 11) is 0. The lowest BCUT2D eigenvalue weighted by Gasteiger charge is -2.36. The molecule has 2 aliphatic heterocycles. The zero-order valence-electron chi connectivity index (χ0n) is 13.7. The second-order valence-corrected chi connectivity index (χ2v) is 5.99. The third-order valence-electron chi connectivity index (χ3n) is 4.55. The number of pyridine rings is 1. The van der Waals surface area contributed by atoms with Gasteiger partial charge in [-0.3, -0.25) is 4.98 Å². The Morgan fingerprint density at radius 1 is 0.750 bits per heavy atom. The maximum atomic E-state index is 5.42. The average molecular weight is 326 g/mol. The predicted molar refractivity (Wildman–Crippen MR) is 93.7 cm³/mol. The smallest absolute Gasteiger partial charge is 0.227 e.